The standard InChI is InChI=1S/C29H22ClN3O5/c1-38-27-17-33(28(35)15-24(27)23-14-22(30)7-6-21(23)16-31)25(12-19-8-10-32-11-9-19)26(34)13-18-2-4-20(5-3-18)29(36)37/h2-11,14-15,17,25H,12-13H2,1H3,(H,36,37)/t25-/m0/s1. The molecule has 4 aromatic rings. The average Bonchev–Trinajstić information content (AvgIpc) is 2.92. The Hall–Kier alpha value is -4.74. The Kier molecular flexibility index (Phi) is 8.00. The van der Waals surface area contributed by atoms with Crippen LogP contribution in [-0.2, 0) is 17.6 Å². The third kappa shape index (κ3) is 5.80. The zero-order valence-electron chi connectivity index (χ0n) is 20.3. The molecule has 0 radical (unpaired) electrons. The molecule has 4 rings (SSSR count). The highest BCUT2D eigenvalue weighted by Crippen LogP contribution is 2.33. The SMILES string of the molecule is COc1cn([C@@H](Cc2ccncc2)C(=O)Cc2ccc(C(=O)O)cc2)c(=O)cc1-c1cc(Cl)ccc1C#N. The summed E-state index contributed by atoms with van der Waals surface area (Å²) in [5.74, 6) is -1.01. The summed E-state index contributed by atoms with van der Waals surface area (Å²) in [5.41, 5.74) is 2.22. The number of carboxylic acids is 1. The first-order chi connectivity index (χ1) is 18.3. The lowest BCUT2D eigenvalue weighted by atomic mass is 9.96. The average molecular weight is 528 g/mol. The maximum absolute atomic E-state index is 13.6. The minimum atomic E-state index is -1.06. The number of nitriles is 1. The van der Waals surface area contributed by atoms with Crippen molar-refractivity contribution in [1.82, 2.24) is 9.55 Å². The Morgan fingerprint density at radius 2 is 1.76 bits per heavy atom. The molecule has 0 amide bonds. The molecular weight excluding hydrogens is 506 g/mol. The Labute approximate surface area is 223 Å². The summed E-state index contributed by atoms with van der Waals surface area (Å²) in [6.07, 6.45) is 4.89. The van der Waals surface area contributed by atoms with Gasteiger partial charge in [0, 0.05) is 47.5 Å². The van der Waals surface area contributed by atoms with Crippen LogP contribution in [0.4, 0.5) is 0 Å². The molecule has 0 unspecified atom stereocenters. The zero-order chi connectivity index (χ0) is 27.2. The molecule has 0 aliphatic carbocycles. The molecule has 0 saturated carbocycles. The number of rotatable bonds is 9. The first-order valence-corrected chi connectivity index (χ1v) is 11.9. The number of aromatic carboxylic acids is 1. The normalized spacial score (nSPS) is 11.4. The topological polar surface area (TPSA) is 122 Å². The van der Waals surface area contributed by atoms with Crippen LogP contribution in [0.3, 0.4) is 0 Å². The number of carboxylic acid groups (broad SMARTS) is 1. The summed E-state index contributed by atoms with van der Waals surface area (Å²) in [6.45, 7) is 0. The van der Waals surface area contributed by atoms with E-state index in [0.29, 0.717) is 33.0 Å². The van der Waals surface area contributed by atoms with Gasteiger partial charge < -0.3 is 14.4 Å². The number of carbonyl (C=O) groups is 2. The van der Waals surface area contributed by atoms with Gasteiger partial charge in [0.15, 0.2) is 5.78 Å². The summed E-state index contributed by atoms with van der Waals surface area (Å²) in [6, 6.07) is 16.9. The second kappa shape index (κ2) is 11.5. The number of hydrogen-bond acceptors (Lipinski definition) is 6. The highest BCUT2D eigenvalue weighted by molar-refractivity contribution is 6.31. The van der Waals surface area contributed by atoms with E-state index in [2.05, 4.69) is 11.1 Å². The van der Waals surface area contributed by atoms with Crippen molar-refractivity contribution in [2.24, 2.45) is 0 Å². The van der Waals surface area contributed by atoms with Crippen LogP contribution in [0, 0.1) is 11.3 Å². The molecular formula is C29H22ClN3O5. The van der Waals surface area contributed by atoms with Crippen LogP contribution in [0.25, 0.3) is 11.1 Å². The lowest BCUT2D eigenvalue weighted by Crippen LogP contribution is -2.32. The molecule has 2 aromatic carbocycles. The van der Waals surface area contributed by atoms with Gasteiger partial charge in [-0.3, -0.25) is 14.6 Å². The Morgan fingerprint density at radius 3 is 2.39 bits per heavy atom. The molecule has 9 heteroatoms. The van der Waals surface area contributed by atoms with Crippen molar-refractivity contribution in [1.29, 1.82) is 5.26 Å². The number of hydrogen-bond donors (Lipinski definition) is 1. The van der Waals surface area contributed by atoms with Crippen molar-refractivity contribution >= 4 is 23.4 Å². The van der Waals surface area contributed by atoms with Gasteiger partial charge >= 0.3 is 5.97 Å². The van der Waals surface area contributed by atoms with Crippen LogP contribution in [0.1, 0.15) is 33.1 Å². The lowest BCUT2D eigenvalue weighted by molar-refractivity contribution is -0.121. The van der Waals surface area contributed by atoms with Gasteiger partial charge in [-0.15, -0.1) is 0 Å². The van der Waals surface area contributed by atoms with E-state index in [4.69, 9.17) is 21.4 Å². The molecule has 2 heterocycles. The van der Waals surface area contributed by atoms with E-state index < -0.39 is 17.6 Å². The number of benzene rings is 2. The van der Waals surface area contributed by atoms with Crippen molar-refractivity contribution in [3.05, 3.63) is 117 Å². The van der Waals surface area contributed by atoms with E-state index >= 15 is 0 Å². The van der Waals surface area contributed by atoms with Gasteiger partial charge in [0.2, 0.25) is 0 Å². The van der Waals surface area contributed by atoms with Gasteiger partial charge in [-0.05, 0) is 53.6 Å². The van der Waals surface area contributed by atoms with Crippen LogP contribution in [-0.4, -0.2) is 33.5 Å². The number of pyridine rings is 2. The summed E-state index contributed by atoms with van der Waals surface area (Å²) in [5, 5.41) is 19.1. The molecule has 0 bridgehead atoms. The van der Waals surface area contributed by atoms with Crippen molar-refractivity contribution in [2.75, 3.05) is 7.11 Å². The number of carbonyl (C=O) groups excluding carboxylic acids is 1. The van der Waals surface area contributed by atoms with Crippen LogP contribution < -0.4 is 10.3 Å². The molecule has 0 aliphatic rings. The van der Waals surface area contributed by atoms with E-state index in [1.165, 1.54) is 36.1 Å². The third-order valence-corrected chi connectivity index (χ3v) is 6.36. The van der Waals surface area contributed by atoms with Crippen molar-refractivity contribution in [2.45, 2.75) is 18.9 Å². The number of aromatic nitrogens is 2. The number of halogens is 1. The number of nitrogens with zero attached hydrogens (tertiary/aromatic N) is 3. The van der Waals surface area contributed by atoms with Crippen molar-refractivity contribution in [3.8, 4) is 22.9 Å². The van der Waals surface area contributed by atoms with Crippen LogP contribution in [0.5, 0.6) is 5.75 Å². The first kappa shape index (κ1) is 26.3. The zero-order valence-corrected chi connectivity index (χ0v) is 21.1. The highest BCUT2D eigenvalue weighted by Gasteiger charge is 2.25. The summed E-state index contributed by atoms with van der Waals surface area (Å²) >= 11 is 6.16. The molecule has 0 aliphatic heterocycles. The fourth-order valence-corrected chi connectivity index (χ4v) is 4.35. The fourth-order valence-electron chi connectivity index (χ4n) is 4.18. The van der Waals surface area contributed by atoms with E-state index in [9.17, 15) is 19.6 Å². The number of Topliss-reactive ketones (excluding diaryl/α,β-unsaturated/α-hetero) is 1. The van der Waals surface area contributed by atoms with E-state index in [-0.39, 0.29) is 24.2 Å². The molecule has 8 nitrogen and oxygen atoms in total. The molecule has 1 atom stereocenters. The van der Waals surface area contributed by atoms with E-state index in [1.807, 2.05) is 0 Å². The highest BCUT2D eigenvalue weighted by atomic mass is 35.5. The summed E-state index contributed by atoms with van der Waals surface area (Å²) in [7, 11) is 1.44. The molecule has 1 N–H and O–H groups in total. The van der Waals surface area contributed by atoms with Gasteiger partial charge in [0.05, 0.1) is 36.5 Å². The Morgan fingerprint density at radius 1 is 1.05 bits per heavy atom. The van der Waals surface area contributed by atoms with Crippen LogP contribution >= 0.6 is 11.6 Å². The third-order valence-electron chi connectivity index (χ3n) is 6.12. The van der Waals surface area contributed by atoms with Gasteiger partial charge in [-0.1, -0.05) is 23.7 Å². The quantitative estimate of drug-likeness (QED) is 0.333. The monoisotopic (exact) mass is 527 g/mol. The Bertz CT molecular complexity index is 1590. The van der Waals surface area contributed by atoms with Gasteiger partial charge in [0.1, 0.15) is 5.75 Å². The summed E-state index contributed by atoms with van der Waals surface area (Å²) < 4.78 is 6.91. The largest absolute Gasteiger partial charge is 0.495 e. The lowest BCUT2D eigenvalue weighted by Gasteiger charge is -2.21. The maximum atomic E-state index is 13.6. The molecule has 190 valence electrons. The predicted octanol–water partition coefficient (Wildman–Crippen LogP) is 4.74. The maximum Gasteiger partial charge on any atom is 0.335 e. The van der Waals surface area contributed by atoms with Crippen molar-refractivity contribution in [3.63, 3.8) is 0 Å². The predicted molar refractivity (Wildman–Crippen MR) is 142 cm³/mol. The van der Waals surface area contributed by atoms with Gasteiger partial charge in [-0.25, -0.2) is 4.79 Å². The minimum absolute atomic E-state index is 0.0149. The van der Waals surface area contributed by atoms with E-state index in [1.54, 1.807) is 54.9 Å². The van der Waals surface area contributed by atoms with Gasteiger partial charge in [0.25, 0.3) is 5.56 Å². The minimum Gasteiger partial charge on any atom is -0.495 e. The first-order valence-electron chi connectivity index (χ1n) is 11.5. The second-order valence-electron chi connectivity index (χ2n) is 8.52. The fraction of sp³-hybridized carbons (Fsp3) is 0.138. The molecule has 2 aromatic heterocycles. The van der Waals surface area contributed by atoms with Gasteiger partial charge in [-0.2, -0.15) is 5.26 Å². The number of ketones is 1. The number of ether oxygens (including phenoxy) is 1. The van der Waals surface area contributed by atoms with Crippen LogP contribution in [0.15, 0.2) is 84.0 Å². The molecule has 0 saturated heterocycles. The molecule has 38 heavy (non-hydrogen) atoms. The Balaban J connectivity index is 1.78. The second-order valence-corrected chi connectivity index (χ2v) is 8.96. The van der Waals surface area contributed by atoms with E-state index in [0.717, 1.165) is 5.56 Å². The van der Waals surface area contributed by atoms with Crippen molar-refractivity contribution < 1.29 is 19.4 Å². The van der Waals surface area contributed by atoms with Crippen LogP contribution in [0.2, 0.25) is 5.02 Å². The smallest absolute Gasteiger partial charge is 0.335 e. The summed E-state index contributed by atoms with van der Waals surface area (Å²) in [4.78, 5) is 42.2. The molecule has 0 spiro atoms. The molecule has 0 fully saturated rings. The number of methoxy groups -OCH3 is 1.